The summed E-state index contributed by atoms with van der Waals surface area (Å²) in [5.74, 6) is -0.925. The Morgan fingerprint density at radius 2 is 2.07 bits per heavy atom. The number of ketones is 1. The molecule has 0 aliphatic heterocycles. The Balaban J connectivity index is 3.00. The maximum absolute atomic E-state index is 11.1. The van der Waals surface area contributed by atoms with Crippen LogP contribution in [0.15, 0.2) is 22.7 Å². The Kier molecular flexibility index (Phi) is 3.41. The van der Waals surface area contributed by atoms with Gasteiger partial charge in [-0.15, -0.1) is 0 Å². The van der Waals surface area contributed by atoms with Gasteiger partial charge in [-0.1, -0.05) is 22.0 Å². The van der Waals surface area contributed by atoms with Crippen molar-refractivity contribution in [3.8, 4) is 0 Å². The molecule has 14 heavy (non-hydrogen) atoms. The minimum atomic E-state index is -0.882. The second kappa shape index (κ2) is 4.37. The number of carboxylic acid groups (broad SMARTS) is 1. The lowest BCUT2D eigenvalue weighted by Gasteiger charge is -2.02. The van der Waals surface area contributed by atoms with E-state index >= 15 is 0 Å². The van der Waals surface area contributed by atoms with Gasteiger partial charge in [-0.25, -0.2) is 0 Å². The van der Waals surface area contributed by atoms with Crippen molar-refractivity contribution in [3.63, 3.8) is 0 Å². The molecule has 0 saturated carbocycles. The zero-order valence-electron chi connectivity index (χ0n) is 7.58. The number of rotatable bonds is 3. The molecule has 0 heterocycles. The monoisotopic (exact) mass is 256 g/mol. The van der Waals surface area contributed by atoms with E-state index in [1.807, 2.05) is 0 Å². The van der Waals surface area contributed by atoms with Gasteiger partial charge in [0.1, 0.15) is 0 Å². The predicted molar refractivity (Wildman–Crippen MR) is 55.5 cm³/mol. The molecule has 1 aromatic rings. The summed E-state index contributed by atoms with van der Waals surface area (Å²) in [6.07, 6.45) is -0.0310. The highest BCUT2D eigenvalue weighted by Gasteiger charge is 2.07. The third-order valence-corrected chi connectivity index (χ3v) is 2.42. The first-order valence-electron chi connectivity index (χ1n) is 4.02. The highest BCUT2D eigenvalue weighted by molar-refractivity contribution is 9.10. The summed E-state index contributed by atoms with van der Waals surface area (Å²) in [6, 6.07) is 4.94. The number of Topliss-reactive ketones (excluding diaryl/α,β-unsaturated/α-hetero) is 1. The van der Waals surface area contributed by atoms with E-state index in [0.29, 0.717) is 15.6 Å². The minimum Gasteiger partial charge on any atom is -0.481 e. The first-order chi connectivity index (χ1) is 6.50. The van der Waals surface area contributed by atoms with Crippen LogP contribution in [0.3, 0.4) is 0 Å². The normalized spacial score (nSPS) is 9.86. The molecule has 0 unspecified atom stereocenters. The van der Waals surface area contributed by atoms with Crippen LogP contribution in [0.2, 0.25) is 0 Å². The zero-order chi connectivity index (χ0) is 10.7. The number of carboxylic acids is 1. The molecule has 0 fully saturated rings. The topological polar surface area (TPSA) is 54.4 Å². The van der Waals surface area contributed by atoms with E-state index in [1.165, 1.54) is 6.92 Å². The molecule has 4 heteroatoms. The maximum atomic E-state index is 11.1. The Hall–Kier alpha value is -1.16. The Morgan fingerprint density at radius 1 is 1.43 bits per heavy atom. The van der Waals surface area contributed by atoms with Gasteiger partial charge in [0.25, 0.3) is 0 Å². The van der Waals surface area contributed by atoms with E-state index in [4.69, 9.17) is 5.11 Å². The van der Waals surface area contributed by atoms with Crippen LogP contribution in [0.4, 0.5) is 0 Å². The molecule has 0 bridgehead atoms. The van der Waals surface area contributed by atoms with E-state index in [0.717, 1.165) is 0 Å². The third kappa shape index (κ3) is 2.67. The van der Waals surface area contributed by atoms with Crippen molar-refractivity contribution in [1.82, 2.24) is 0 Å². The van der Waals surface area contributed by atoms with E-state index in [1.54, 1.807) is 18.2 Å². The molecule has 0 radical (unpaired) electrons. The lowest BCUT2D eigenvalue weighted by atomic mass is 10.1. The SMILES string of the molecule is CC(=O)c1ccc(CC(=O)O)cc1Br. The number of benzene rings is 1. The van der Waals surface area contributed by atoms with E-state index in [2.05, 4.69) is 15.9 Å². The van der Waals surface area contributed by atoms with E-state index < -0.39 is 5.97 Å². The van der Waals surface area contributed by atoms with Crippen molar-refractivity contribution in [3.05, 3.63) is 33.8 Å². The maximum Gasteiger partial charge on any atom is 0.307 e. The van der Waals surface area contributed by atoms with Crippen LogP contribution in [0.1, 0.15) is 22.8 Å². The number of carbonyl (C=O) groups excluding carboxylic acids is 1. The van der Waals surface area contributed by atoms with Gasteiger partial charge in [0.05, 0.1) is 6.42 Å². The summed E-state index contributed by atoms with van der Waals surface area (Å²) in [6.45, 7) is 1.47. The Bertz CT molecular complexity index is 385. The van der Waals surface area contributed by atoms with Gasteiger partial charge in [-0.05, 0) is 24.6 Å². The molecular weight excluding hydrogens is 248 g/mol. The molecule has 3 nitrogen and oxygen atoms in total. The molecule has 1 N–H and O–H groups in total. The third-order valence-electron chi connectivity index (χ3n) is 1.77. The molecule has 1 rings (SSSR count). The molecule has 0 atom stereocenters. The van der Waals surface area contributed by atoms with E-state index in [9.17, 15) is 9.59 Å². The number of carbonyl (C=O) groups is 2. The van der Waals surface area contributed by atoms with Crippen molar-refractivity contribution >= 4 is 27.7 Å². The number of hydrogen-bond donors (Lipinski definition) is 1. The summed E-state index contributed by atoms with van der Waals surface area (Å²) < 4.78 is 0.642. The number of hydrogen-bond acceptors (Lipinski definition) is 2. The van der Waals surface area contributed by atoms with Crippen molar-refractivity contribution < 1.29 is 14.7 Å². The van der Waals surface area contributed by atoms with Crippen molar-refractivity contribution in [1.29, 1.82) is 0 Å². The fourth-order valence-corrected chi connectivity index (χ4v) is 1.83. The van der Waals surface area contributed by atoms with Crippen LogP contribution >= 0.6 is 15.9 Å². The van der Waals surface area contributed by atoms with Gasteiger partial charge in [-0.3, -0.25) is 9.59 Å². The van der Waals surface area contributed by atoms with Gasteiger partial charge < -0.3 is 5.11 Å². The molecule has 0 spiro atoms. The number of aliphatic carboxylic acids is 1. The van der Waals surface area contributed by atoms with Crippen LogP contribution < -0.4 is 0 Å². The standard InChI is InChI=1S/C10H9BrO3/c1-6(12)8-3-2-7(4-9(8)11)5-10(13)14/h2-4H,5H2,1H3,(H,13,14). The molecule has 74 valence electrons. The molecule has 0 amide bonds. The lowest BCUT2D eigenvalue weighted by molar-refractivity contribution is -0.136. The van der Waals surface area contributed by atoms with Gasteiger partial charge in [0, 0.05) is 10.0 Å². The second-order valence-electron chi connectivity index (χ2n) is 2.94. The predicted octanol–water partition coefficient (Wildman–Crippen LogP) is 2.28. The molecule has 0 saturated heterocycles. The van der Waals surface area contributed by atoms with E-state index in [-0.39, 0.29) is 12.2 Å². The van der Waals surface area contributed by atoms with Gasteiger partial charge in [0.15, 0.2) is 5.78 Å². The largest absolute Gasteiger partial charge is 0.481 e. The summed E-state index contributed by atoms with van der Waals surface area (Å²) in [5.41, 5.74) is 1.24. The first-order valence-corrected chi connectivity index (χ1v) is 4.81. The molecule has 0 aliphatic carbocycles. The molecule has 0 aromatic heterocycles. The Labute approximate surface area is 89.9 Å². The summed E-state index contributed by atoms with van der Waals surface area (Å²) >= 11 is 3.22. The van der Waals surface area contributed by atoms with Crippen LogP contribution in [0.5, 0.6) is 0 Å². The lowest BCUT2D eigenvalue weighted by Crippen LogP contribution is -2.01. The van der Waals surface area contributed by atoms with Crippen LogP contribution in [0.25, 0.3) is 0 Å². The van der Waals surface area contributed by atoms with Crippen molar-refractivity contribution in [2.45, 2.75) is 13.3 Å². The quantitative estimate of drug-likeness (QED) is 0.845. The highest BCUT2D eigenvalue weighted by Crippen LogP contribution is 2.19. The summed E-state index contributed by atoms with van der Waals surface area (Å²) in [4.78, 5) is 21.5. The van der Waals surface area contributed by atoms with Crippen LogP contribution in [0, 0.1) is 0 Å². The summed E-state index contributed by atoms with van der Waals surface area (Å²) in [7, 11) is 0. The molecular formula is C10H9BrO3. The average Bonchev–Trinajstić information content (AvgIpc) is 2.01. The zero-order valence-corrected chi connectivity index (χ0v) is 9.17. The van der Waals surface area contributed by atoms with Gasteiger partial charge in [0.2, 0.25) is 0 Å². The van der Waals surface area contributed by atoms with Crippen LogP contribution in [-0.2, 0) is 11.2 Å². The minimum absolute atomic E-state index is 0.0310. The Morgan fingerprint density at radius 3 is 2.50 bits per heavy atom. The summed E-state index contributed by atoms with van der Waals surface area (Å²) in [5, 5.41) is 8.55. The highest BCUT2D eigenvalue weighted by atomic mass is 79.9. The first kappa shape index (κ1) is 10.9. The fourth-order valence-electron chi connectivity index (χ4n) is 1.13. The smallest absolute Gasteiger partial charge is 0.307 e. The molecule has 1 aromatic carbocycles. The average molecular weight is 257 g/mol. The van der Waals surface area contributed by atoms with Gasteiger partial charge in [-0.2, -0.15) is 0 Å². The van der Waals surface area contributed by atoms with Crippen molar-refractivity contribution in [2.24, 2.45) is 0 Å². The molecule has 0 aliphatic rings. The number of halogens is 1. The fraction of sp³-hybridized carbons (Fsp3) is 0.200. The van der Waals surface area contributed by atoms with Gasteiger partial charge >= 0.3 is 5.97 Å². The second-order valence-corrected chi connectivity index (χ2v) is 3.80. The van der Waals surface area contributed by atoms with Crippen LogP contribution in [-0.4, -0.2) is 16.9 Å². The van der Waals surface area contributed by atoms with Crippen molar-refractivity contribution in [2.75, 3.05) is 0 Å².